The van der Waals surface area contributed by atoms with Gasteiger partial charge >= 0.3 is 0 Å². The molecule has 0 amide bonds. The van der Waals surface area contributed by atoms with Gasteiger partial charge in [-0.15, -0.1) is 10.2 Å². The van der Waals surface area contributed by atoms with Crippen molar-refractivity contribution in [3.63, 3.8) is 0 Å². The smallest absolute Gasteiger partial charge is 0.227 e. The molecular formula is C19H35N5O3S. The zero-order valence-electron chi connectivity index (χ0n) is 17.8. The summed E-state index contributed by atoms with van der Waals surface area (Å²) in [7, 11) is -3.34. The van der Waals surface area contributed by atoms with Crippen molar-refractivity contribution < 1.29 is 13.2 Å². The van der Waals surface area contributed by atoms with Gasteiger partial charge in [0.15, 0.2) is 5.82 Å². The van der Waals surface area contributed by atoms with Gasteiger partial charge in [-0.05, 0) is 43.9 Å². The third kappa shape index (κ3) is 5.24. The van der Waals surface area contributed by atoms with Crippen molar-refractivity contribution in [3.8, 4) is 0 Å². The molecule has 160 valence electrons. The lowest BCUT2D eigenvalue weighted by atomic mass is 9.80. The third-order valence-corrected chi connectivity index (χ3v) is 6.68. The lowest BCUT2D eigenvalue weighted by molar-refractivity contribution is 0.00556. The van der Waals surface area contributed by atoms with E-state index in [2.05, 4.69) is 45.2 Å². The number of aromatic nitrogens is 3. The molecule has 0 aliphatic carbocycles. The van der Waals surface area contributed by atoms with Crippen LogP contribution in [0.2, 0.25) is 0 Å². The lowest BCUT2D eigenvalue weighted by Gasteiger charge is -2.28. The van der Waals surface area contributed by atoms with Crippen LogP contribution in [0.1, 0.15) is 65.2 Å². The summed E-state index contributed by atoms with van der Waals surface area (Å²) in [5.41, 5.74) is 0.250. The van der Waals surface area contributed by atoms with Gasteiger partial charge in [0, 0.05) is 19.7 Å². The first kappa shape index (κ1) is 21.5. The lowest BCUT2D eigenvalue weighted by Crippen LogP contribution is -2.33. The Morgan fingerprint density at radius 2 is 2.00 bits per heavy atom. The quantitative estimate of drug-likeness (QED) is 0.770. The average Bonchev–Trinajstić information content (AvgIpc) is 3.20. The van der Waals surface area contributed by atoms with E-state index in [1.807, 2.05) is 6.92 Å². The Hall–Kier alpha value is -1.19. The second kappa shape index (κ2) is 8.28. The van der Waals surface area contributed by atoms with E-state index >= 15 is 0 Å². The fourth-order valence-electron chi connectivity index (χ4n) is 4.21. The Morgan fingerprint density at radius 3 is 2.57 bits per heavy atom. The highest BCUT2D eigenvalue weighted by molar-refractivity contribution is 7.88. The summed E-state index contributed by atoms with van der Waals surface area (Å²) in [6, 6.07) is -0.444. The molecule has 3 heterocycles. The highest BCUT2D eigenvalue weighted by Crippen LogP contribution is 2.35. The standard InChI is InChI=1S/C19H35N5O3S/c1-14(22-28(5,25)26)17-20-21-18(23-10-9-15(12-23)19(2,3)4)24(17)13-16-8-6-7-11-27-16/h14-16,22H,6-13H2,1-5H3/t14-,15+,16-/m0/s1. The minimum Gasteiger partial charge on any atom is -0.376 e. The van der Waals surface area contributed by atoms with Crippen molar-refractivity contribution in [2.45, 2.75) is 72.1 Å². The molecule has 3 rings (SSSR count). The highest BCUT2D eigenvalue weighted by Gasteiger charge is 2.35. The van der Waals surface area contributed by atoms with Gasteiger partial charge < -0.3 is 9.64 Å². The van der Waals surface area contributed by atoms with E-state index in [-0.39, 0.29) is 11.5 Å². The number of sulfonamides is 1. The zero-order valence-corrected chi connectivity index (χ0v) is 18.6. The first-order valence-corrected chi connectivity index (χ1v) is 12.2. The SMILES string of the molecule is C[C@H](NS(C)(=O)=O)c1nnc(N2CC[C@@H](C(C)(C)C)C2)n1C[C@@H]1CCCCO1. The van der Waals surface area contributed by atoms with Crippen LogP contribution < -0.4 is 9.62 Å². The van der Waals surface area contributed by atoms with Gasteiger partial charge in [-0.3, -0.25) is 4.57 Å². The molecule has 0 bridgehead atoms. The van der Waals surface area contributed by atoms with Gasteiger partial charge in [-0.2, -0.15) is 0 Å². The number of ether oxygens (including phenoxy) is 1. The topological polar surface area (TPSA) is 89.4 Å². The zero-order chi connectivity index (χ0) is 20.5. The van der Waals surface area contributed by atoms with E-state index in [4.69, 9.17) is 4.74 Å². The van der Waals surface area contributed by atoms with Crippen molar-refractivity contribution in [1.29, 1.82) is 0 Å². The molecule has 0 radical (unpaired) electrons. The van der Waals surface area contributed by atoms with Crippen molar-refractivity contribution in [2.24, 2.45) is 11.3 Å². The summed E-state index contributed by atoms with van der Waals surface area (Å²) in [5.74, 6) is 2.07. The molecule has 2 aliphatic rings. The molecule has 0 aromatic carbocycles. The number of nitrogens with zero attached hydrogens (tertiary/aromatic N) is 4. The molecule has 9 heteroatoms. The van der Waals surface area contributed by atoms with Crippen molar-refractivity contribution in [3.05, 3.63) is 5.82 Å². The van der Waals surface area contributed by atoms with E-state index in [0.717, 1.165) is 51.3 Å². The molecule has 1 N–H and O–H groups in total. The monoisotopic (exact) mass is 413 g/mol. The molecule has 1 aromatic rings. The van der Waals surface area contributed by atoms with Crippen LogP contribution in [0.5, 0.6) is 0 Å². The maximum atomic E-state index is 11.7. The molecule has 0 unspecified atom stereocenters. The molecule has 3 atom stereocenters. The number of anilines is 1. The van der Waals surface area contributed by atoms with Gasteiger partial charge in [-0.25, -0.2) is 13.1 Å². The first-order chi connectivity index (χ1) is 13.0. The first-order valence-electron chi connectivity index (χ1n) is 10.3. The van der Waals surface area contributed by atoms with Gasteiger partial charge in [0.05, 0.1) is 24.9 Å². The van der Waals surface area contributed by atoms with Crippen LogP contribution in [0.4, 0.5) is 5.95 Å². The number of hydrogen-bond acceptors (Lipinski definition) is 6. The van der Waals surface area contributed by atoms with E-state index < -0.39 is 16.1 Å². The minimum atomic E-state index is -3.34. The summed E-state index contributed by atoms with van der Waals surface area (Å²) < 4.78 is 34.1. The molecule has 0 spiro atoms. The van der Waals surface area contributed by atoms with Crippen molar-refractivity contribution >= 4 is 16.0 Å². The van der Waals surface area contributed by atoms with Gasteiger partial charge in [0.2, 0.25) is 16.0 Å². The Bertz CT molecular complexity index is 765. The van der Waals surface area contributed by atoms with E-state index in [1.54, 1.807) is 0 Å². The second-order valence-corrected chi connectivity index (χ2v) is 11.1. The summed E-state index contributed by atoms with van der Waals surface area (Å²) >= 11 is 0. The third-order valence-electron chi connectivity index (χ3n) is 5.89. The fourth-order valence-corrected chi connectivity index (χ4v) is 4.96. The Balaban J connectivity index is 1.86. The van der Waals surface area contributed by atoms with Crippen LogP contribution in [0.25, 0.3) is 0 Å². The van der Waals surface area contributed by atoms with Crippen LogP contribution in [0.3, 0.4) is 0 Å². The largest absolute Gasteiger partial charge is 0.376 e. The van der Waals surface area contributed by atoms with Gasteiger partial charge in [-0.1, -0.05) is 20.8 Å². The van der Waals surface area contributed by atoms with Crippen LogP contribution in [-0.2, 0) is 21.3 Å². The molecule has 0 saturated carbocycles. The number of rotatable bonds is 6. The summed E-state index contributed by atoms with van der Waals surface area (Å²) in [6.07, 6.45) is 5.68. The molecular weight excluding hydrogens is 378 g/mol. The van der Waals surface area contributed by atoms with Crippen LogP contribution in [0, 0.1) is 11.3 Å². The van der Waals surface area contributed by atoms with Gasteiger partial charge in [0.25, 0.3) is 0 Å². The van der Waals surface area contributed by atoms with E-state index in [0.29, 0.717) is 18.3 Å². The fraction of sp³-hybridized carbons (Fsp3) is 0.895. The maximum Gasteiger partial charge on any atom is 0.227 e. The summed E-state index contributed by atoms with van der Waals surface area (Å²) in [5, 5.41) is 8.87. The van der Waals surface area contributed by atoms with E-state index in [1.165, 1.54) is 6.26 Å². The summed E-state index contributed by atoms with van der Waals surface area (Å²) in [4.78, 5) is 2.29. The number of hydrogen-bond donors (Lipinski definition) is 1. The molecule has 2 fully saturated rings. The van der Waals surface area contributed by atoms with Gasteiger partial charge in [0.1, 0.15) is 0 Å². The van der Waals surface area contributed by atoms with E-state index in [9.17, 15) is 8.42 Å². The van der Waals surface area contributed by atoms with Crippen LogP contribution in [0.15, 0.2) is 0 Å². The second-order valence-electron chi connectivity index (χ2n) is 9.37. The minimum absolute atomic E-state index is 0.119. The van der Waals surface area contributed by atoms with Crippen LogP contribution in [-0.4, -0.2) is 55.2 Å². The normalized spacial score (nSPS) is 25.2. The number of nitrogens with one attached hydrogen (secondary N) is 1. The maximum absolute atomic E-state index is 11.7. The Morgan fingerprint density at radius 1 is 1.25 bits per heavy atom. The van der Waals surface area contributed by atoms with Crippen LogP contribution >= 0.6 is 0 Å². The Labute approximate surface area is 169 Å². The predicted octanol–water partition coefficient (Wildman–Crippen LogP) is 2.33. The molecule has 28 heavy (non-hydrogen) atoms. The highest BCUT2D eigenvalue weighted by atomic mass is 32.2. The van der Waals surface area contributed by atoms with Crippen molar-refractivity contribution in [1.82, 2.24) is 19.5 Å². The van der Waals surface area contributed by atoms with Crippen molar-refractivity contribution in [2.75, 3.05) is 30.9 Å². The molecule has 1 aromatic heterocycles. The summed E-state index contributed by atoms with van der Waals surface area (Å²) in [6.45, 7) is 12.0. The predicted molar refractivity (Wildman–Crippen MR) is 110 cm³/mol. The average molecular weight is 414 g/mol. The molecule has 2 saturated heterocycles. The Kier molecular flexibility index (Phi) is 6.36. The molecule has 2 aliphatic heterocycles. The molecule has 8 nitrogen and oxygen atoms in total.